The van der Waals surface area contributed by atoms with Crippen molar-refractivity contribution in [2.75, 3.05) is 0 Å². The number of nitrogens with zero attached hydrogens (tertiary/aromatic N) is 3. The van der Waals surface area contributed by atoms with Gasteiger partial charge < -0.3 is 14.9 Å². The van der Waals surface area contributed by atoms with Crippen LogP contribution in [0.15, 0.2) is 36.5 Å². The molecule has 0 bridgehead atoms. The normalized spacial score (nSPS) is 10.9. The molecule has 0 radical (unpaired) electrons. The number of hydrogen-bond acceptors (Lipinski definition) is 4. The number of nitro groups is 1. The average Bonchev–Trinajstić information content (AvgIpc) is 2.82. The van der Waals surface area contributed by atoms with E-state index in [1.54, 1.807) is 18.2 Å². The molecular formula is C13H6Cl3N3O3. The molecule has 22 heavy (non-hydrogen) atoms. The fraction of sp³-hybridized carbons (Fsp3) is 0. The first-order valence-corrected chi connectivity index (χ1v) is 7.04. The van der Waals surface area contributed by atoms with Crippen LogP contribution < -0.4 is 4.74 Å². The van der Waals surface area contributed by atoms with Crippen molar-refractivity contribution in [2.45, 2.75) is 0 Å². The van der Waals surface area contributed by atoms with Gasteiger partial charge in [0.25, 0.3) is 0 Å². The zero-order valence-electron chi connectivity index (χ0n) is 10.7. The molecule has 9 heteroatoms. The smallest absolute Gasteiger partial charge is 0.392 e. The third kappa shape index (κ3) is 2.56. The number of imidazole rings is 1. The van der Waals surface area contributed by atoms with E-state index >= 15 is 0 Å². The highest BCUT2D eigenvalue weighted by Gasteiger charge is 2.25. The van der Waals surface area contributed by atoms with Crippen molar-refractivity contribution in [1.29, 1.82) is 0 Å². The number of rotatable bonds is 3. The lowest BCUT2D eigenvalue weighted by atomic mass is 10.3. The highest BCUT2D eigenvalue weighted by Crippen LogP contribution is 2.38. The zero-order valence-corrected chi connectivity index (χ0v) is 12.9. The Kier molecular flexibility index (Phi) is 3.82. The molecule has 0 saturated heterocycles. The Morgan fingerprint density at radius 1 is 1.14 bits per heavy atom. The standard InChI is InChI=1S/C13H6Cl3N3O3/c14-7-5-9(16)10(6-8(7)15)22-12-13(19(20)21)18-4-2-1-3-11(18)17-12/h1-6H. The predicted molar refractivity (Wildman–Crippen MR) is 83.4 cm³/mol. The molecule has 3 aromatic rings. The summed E-state index contributed by atoms with van der Waals surface area (Å²) in [5, 5.41) is 11.9. The first-order chi connectivity index (χ1) is 10.5. The van der Waals surface area contributed by atoms with Crippen LogP contribution in [-0.4, -0.2) is 14.3 Å². The molecule has 2 heterocycles. The molecule has 0 fully saturated rings. The minimum Gasteiger partial charge on any atom is -0.431 e. The highest BCUT2D eigenvalue weighted by molar-refractivity contribution is 6.43. The number of pyridine rings is 1. The van der Waals surface area contributed by atoms with Crippen LogP contribution in [0.5, 0.6) is 11.6 Å². The lowest BCUT2D eigenvalue weighted by Crippen LogP contribution is -1.96. The van der Waals surface area contributed by atoms with E-state index in [4.69, 9.17) is 39.5 Å². The molecule has 112 valence electrons. The third-order valence-electron chi connectivity index (χ3n) is 2.83. The van der Waals surface area contributed by atoms with Gasteiger partial charge in [-0.1, -0.05) is 40.9 Å². The van der Waals surface area contributed by atoms with Gasteiger partial charge in [-0.2, -0.15) is 9.38 Å². The van der Waals surface area contributed by atoms with Crippen LogP contribution in [0.4, 0.5) is 5.82 Å². The van der Waals surface area contributed by atoms with E-state index in [2.05, 4.69) is 4.98 Å². The summed E-state index contributed by atoms with van der Waals surface area (Å²) < 4.78 is 6.78. The topological polar surface area (TPSA) is 69.7 Å². The number of hydrogen-bond donors (Lipinski definition) is 0. The molecule has 0 N–H and O–H groups in total. The van der Waals surface area contributed by atoms with Gasteiger partial charge in [0.15, 0.2) is 0 Å². The van der Waals surface area contributed by atoms with E-state index < -0.39 is 4.92 Å². The van der Waals surface area contributed by atoms with Crippen molar-refractivity contribution in [3.63, 3.8) is 0 Å². The molecule has 0 unspecified atom stereocenters. The van der Waals surface area contributed by atoms with Crippen molar-refractivity contribution in [2.24, 2.45) is 0 Å². The van der Waals surface area contributed by atoms with Crippen LogP contribution in [0.25, 0.3) is 5.65 Å². The van der Waals surface area contributed by atoms with Gasteiger partial charge in [0, 0.05) is 12.1 Å². The molecule has 1 aromatic carbocycles. The molecule has 0 saturated carbocycles. The summed E-state index contributed by atoms with van der Waals surface area (Å²) in [6.45, 7) is 0. The number of ether oxygens (including phenoxy) is 1. The van der Waals surface area contributed by atoms with Gasteiger partial charge in [0.2, 0.25) is 5.65 Å². The number of fused-ring (bicyclic) bond motifs is 1. The minimum atomic E-state index is -0.583. The molecule has 2 aromatic heterocycles. The second-order valence-corrected chi connectivity index (χ2v) is 5.45. The zero-order chi connectivity index (χ0) is 15.9. The largest absolute Gasteiger partial charge is 0.431 e. The monoisotopic (exact) mass is 357 g/mol. The van der Waals surface area contributed by atoms with E-state index in [0.29, 0.717) is 5.65 Å². The first kappa shape index (κ1) is 14.9. The Labute approximate surface area is 139 Å². The van der Waals surface area contributed by atoms with Crippen LogP contribution >= 0.6 is 34.8 Å². The predicted octanol–water partition coefficient (Wildman–Crippen LogP) is 5.00. The van der Waals surface area contributed by atoms with Gasteiger partial charge in [-0.25, -0.2) is 0 Å². The van der Waals surface area contributed by atoms with Crippen LogP contribution in [0, 0.1) is 10.1 Å². The van der Waals surface area contributed by atoms with Gasteiger partial charge in [-0.3, -0.25) is 0 Å². The van der Waals surface area contributed by atoms with E-state index in [9.17, 15) is 10.1 Å². The second kappa shape index (κ2) is 5.64. The van der Waals surface area contributed by atoms with Crippen LogP contribution in [0.1, 0.15) is 0 Å². The summed E-state index contributed by atoms with van der Waals surface area (Å²) >= 11 is 17.7. The lowest BCUT2D eigenvalue weighted by Gasteiger charge is -2.06. The lowest BCUT2D eigenvalue weighted by molar-refractivity contribution is -0.391. The molecule has 0 spiro atoms. The maximum Gasteiger partial charge on any atom is 0.392 e. The molecule has 3 rings (SSSR count). The molecule has 0 aliphatic rings. The van der Waals surface area contributed by atoms with Crippen molar-refractivity contribution >= 4 is 46.3 Å². The average molecular weight is 359 g/mol. The number of benzene rings is 1. The maximum atomic E-state index is 11.3. The molecule has 6 nitrogen and oxygen atoms in total. The van der Waals surface area contributed by atoms with E-state index in [-0.39, 0.29) is 32.5 Å². The van der Waals surface area contributed by atoms with Crippen LogP contribution in [0.2, 0.25) is 15.1 Å². The summed E-state index contributed by atoms with van der Waals surface area (Å²) in [5.74, 6) is -0.364. The SMILES string of the molecule is O=[N+]([O-])c1c(Oc2cc(Cl)c(Cl)cc2Cl)nc2ccccn12. The summed E-state index contributed by atoms with van der Waals surface area (Å²) in [6, 6.07) is 7.75. The Morgan fingerprint density at radius 3 is 2.59 bits per heavy atom. The van der Waals surface area contributed by atoms with Crippen molar-refractivity contribution in [1.82, 2.24) is 9.38 Å². The first-order valence-electron chi connectivity index (χ1n) is 5.91. The van der Waals surface area contributed by atoms with Crippen molar-refractivity contribution in [3.05, 3.63) is 61.7 Å². The van der Waals surface area contributed by atoms with E-state index in [0.717, 1.165) is 0 Å². The van der Waals surface area contributed by atoms with Gasteiger partial charge in [-0.05, 0) is 17.1 Å². The van der Waals surface area contributed by atoms with Crippen molar-refractivity contribution < 1.29 is 9.66 Å². The summed E-state index contributed by atoms with van der Waals surface area (Å²) in [6.07, 6.45) is 1.52. The quantitative estimate of drug-likeness (QED) is 0.375. The molecule has 0 aliphatic heterocycles. The minimum absolute atomic E-state index is 0.127. The Hall–Kier alpha value is -2.02. The second-order valence-electron chi connectivity index (χ2n) is 4.23. The van der Waals surface area contributed by atoms with E-state index in [1.807, 2.05) is 0 Å². The van der Waals surface area contributed by atoms with Gasteiger partial charge in [-0.15, -0.1) is 0 Å². The number of aromatic nitrogens is 2. The molecule has 0 aliphatic carbocycles. The van der Waals surface area contributed by atoms with Crippen molar-refractivity contribution in [3.8, 4) is 11.6 Å². The summed E-state index contributed by atoms with van der Waals surface area (Å²) in [5.41, 5.74) is 0.375. The van der Waals surface area contributed by atoms with Gasteiger partial charge >= 0.3 is 11.7 Å². The van der Waals surface area contributed by atoms with Crippen LogP contribution in [0.3, 0.4) is 0 Å². The Bertz CT molecular complexity index is 895. The summed E-state index contributed by atoms with van der Waals surface area (Å²) in [4.78, 5) is 14.8. The van der Waals surface area contributed by atoms with Crippen LogP contribution in [-0.2, 0) is 0 Å². The number of halogens is 3. The maximum absolute atomic E-state index is 11.3. The fourth-order valence-electron chi connectivity index (χ4n) is 1.88. The molecule has 0 atom stereocenters. The molecule has 0 amide bonds. The highest BCUT2D eigenvalue weighted by atomic mass is 35.5. The third-order valence-corrected chi connectivity index (χ3v) is 3.85. The van der Waals surface area contributed by atoms with E-state index in [1.165, 1.54) is 22.7 Å². The Balaban J connectivity index is 2.13. The summed E-state index contributed by atoms with van der Waals surface area (Å²) in [7, 11) is 0. The fourth-order valence-corrected chi connectivity index (χ4v) is 2.46. The molecular weight excluding hydrogens is 353 g/mol. The van der Waals surface area contributed by atoms with Gasteiger partial charge in [0.05, 0.1) is 21.3 Å². The Morgan fingerprint density at radius 2 is 1.86 bits per heavy atom. The van der Waals surface area contributed by atoms with Gasteiger partial charge in [0.1, 0.15) is 5.75 Å².